The molecule has 1 aliphatic rings. The first kappa shape index (κ1) is 14.4. The number of halogens is 1. The molecule has 1 amide bonds. The number of rotatable bonds is 3. The minimum Gasteiger partial charge on any atom is -0.349 e. The average Bonchev–Trinajstić information content (AvgIpc) is 2.57. The van der Waals surface area contributed by atoms with Gasteiger partial charge in [-0.15, -0.1) is 0 Å². The SMILES string of the molecule is O=C(NC1CCN(c2ncc(F)cn2)CC1)c1ccncc1. The van der Waals surface area contributed by atoms with Crippen molar-refractivity contribution < 1.29 is 9.18 Å². The van der Waals surface area contributed by atoms with E-state index in [1.165, 1.54) is 12.4 Å². The van der Waals surface area contributed by atoms with Crippen LogP contribution in [0.3, 0.4) is 0 Å². The molecule has 0 atom stereocenters. The van der Waals surface area contributed by atoms with E-state index >= 15 is 0 Å². The first-order valence-corrected chi connectivity index (χ1v) is 7.16. The summed E-state index contributed by atoms with van der Waals surface area (Å²) in [4.78, 5) is 25.9. The molecule has 2 aromatic rings. The van der Waals surface area contributed by atoms with Crippen LogP contribution in [-0.4, -0.2) is 40.0 Å². The Bertz CT molecular complexity index is 626. The molecule has 0 aromatic carbocycles. The van der Waals surface area contributed by atoms with Crippen molar-refractivity contribution in [2.75, 3.05) is 18.0 Å². The number of carbonyl (C=O) groups is 1. The van der Waals surface area contributed by atoms with E-state index in [1.54, 1.807) is 24.5 Å². The molecule has 6 nitrogen and oxygen atoms in total. The second kappa shape index (κ2) is 6.46. The lowest BCUT2D eigenvalue weighted by Gasteiger charge is -2.32. The summed E-state index contributed by atoms with van der Waals surface area (Å²) in [7, 11) is 0. The molecular weight excluding hydrogens is 285 g/mol. The predicted octanol–water partition coefficient (Wildman–Crippen LogP) is 1.41. The highest BCUT2D eigenvalue weighted by Crippen LogP contribution is 2.16. The molecule has 22 heavy (non-hydrogen) atoms. The van der Waals surface area contributed by atoms with Crippen LogP contribution >= 0.6 is 0 Å². The topological polar surface area (TPSA) is 71.0 Å². The Balaban J connectivity index is 1.53. The maximum absolute atomic E-state index is 12.8. The number of pyridine rings is 1. The van der Waals surface area contributed by atoms with Crippen LogP contribution in [-0.2, 0) is 0 Å². The van der Waals surface area contributed by atoms with E-state index in [0.717, 1.165) is 25.9 Å². The van der Waals surface area contributed by atoms with Crippen LogP contribution in [0.15, 0.2) is 36.9 Å². The molecule has 0 spiro atoms. The highest BCUT2D eigenvalue weighted by atomic mass is 19.1. The highest BCUT2D eigenvalue weighted by molar-refractivity contribution is 5.94. The van der Waals surface area contributed by atoms with E-state index in [1.807, 2.05) is 4.90 Å². The Kier molecular flexibility index (Phi) is 4.22. The standard InChI is InChI=1S/C15H16FN5O/c16-12-9-18-15(19-10-12)21-7-3-13(4-8-21)20-14(22)11-1-5-17-6-2-11/h1-2,5-6,9-10,13H,3-4,7-8H2,(H,20,22). The summed E-state index contributed by atoms with van der Waals surface area (Å²) in [5.74, 6) is 0.00226. The number of aromatic nitrogens is 3. The molecular formula is C15H16FN5O. The lowest BCUT2D eigenvalue weighted by molar-refractivity contribution is 0.0931. The van der Waals surface area contributed by atoms with Crippen molar-refractivity contribution in [2.24, 2.45) is 0 Å². The van der Waals surface area contributed by atoms with Gasteiger partial charge in [-0.05, 0) is 25.0 Å². The highest BCUT2D eigenvalue weighted by Gasteiger charge is 2.22. The van der Waals surface area contributed by atoms with Gasteiger partial charge in [0.2, 0.25) is 5.95 Å². The maximum atomic E-state index is 12.8. The zero-order valence-corrected chi connectivity index (χ0v) is 11.9. The number of nitrogens with zero attached hydrogens (tertiary/aromatic N) is 4. The van der Waals surface area contributed by atoms with Crippen LogP contribution in [0.2, 0.25) is 0 Å². The van der Waals surface area contributed by atoms with Gasteiger partial charge in [-0.2, -0.15) is 0 Å². The second-order valence-electron chi connectivity index (χ2n) is 5.17. The maximum Gasteiger partial charge on any atom is 0.251 e. The van der Waals surface area contributed by atoms with Crippen LogP contribution in [0.5, 0.6) is 0 Å². The lowest BCUT2D eigenvalue weighted by Crippen LogP contribution is -2.45. The van der Waals surface area contributed by atoms with Crippen molar-refractivity contribution in [3.8, 4) is 0 Å². The molecule has 2 aromatic heterocycles. The number of piperidine rings is 1. The average molecular weight is 301 g/mol. The van der Waals surface area contributed by atoms with Crippen molar-refractivity contribution >= 4 is 11.9 Å². The van der Waals surface area contributed by atoms with Crippen molar-refractivity contribution in [3.63, 3.8) is 0 Å². The summed E-state index contributed by atoms with van der Waals surface area (Å²) in [6, 6.07) is 3.51. The van der Waals surface area contributed by atoms with Gasteiger partial charge >= 0.3 is 0 Å². The number of hydrogen-bond acceptors (Lipinski definition) is 5. The zero-order chi connectivity index (χ0) is 15.4. The van der Waals surface area contributed by atoms with E-state index in [4.69, 9.17) is 0 Å². The van der Waals surface area contributed by atoms with Gasteiger partial charge in [0.1, 0.15) is 0 Å². The van der Waals surface area contributed by atoms with Crippen LogP contribution in [0.25, 0.3) is 0 Å². The molecule has 1 N–H and O–H groups in total. The van der Waals surface area contributed by atoms with E-state index in [9.17, 15) is 9.18 Å². The smallest absolute Gasteiger partial charge is 0.251 e. The summed E-state index contributed by atoms with van der Waals surface area (Å²) in [5, 5.41) is 3.02. The summed E-state index contributed by atoms with van der Waals surface area (Å²) in [6.45, 7) is 1.46. The van der Waals surface area contributed by atoms with Gasteiger partial charge < -0.3 is 10.2 Å². The molecule has 114 valence electrons. The summed E-state index contributed by atoms with van der Waals surface area (Å²) in [6.07, 6.45) is 7.14. The minimum atomic E-state index is -0.441. The molecule has 0 aliphatic carbocycles. The molecule has 0 radical (unpaired) electrons. The normalized spacial score (nSPS) is 15.6. The number of hydrogen-bond donors (Lipinski definition) is 1. The van der Waals surface area contributed by atoms with Crippen LogP contribution in [0, 0.1) is 5.82 Å². The first-order valence-electron chi connectivity index (χ1n) is 7.16. The van der Waals surface area contributed by atoms with Gasteiger partial charge in [0.05, 0.1) is 12.4 Å². The Labute approximate surface area is 127 Å². The lowest BCUT2D eigenvalue weighted by atomic mass is 10.0. The largest absolute Gasteiger partial charge is 0.349 e. The molecule has 3 rings (SSSR count). The fourth-order valence-electron chi connectivity index (χ4n) is 2.46. The van der Waals surface area contributed by atoms with E-state index in [-0.39, 0.29) is 11.9 Å². The number of amides is 1. The Morgan fingerprint density at radius 3 is 2.45 bits per heavy atom. The first-order chi connectivity index (χ1) is 10.7. The van der Waals surface area contributed by atoms with E-state index < -0.39 is 5.82 Å². The number of carbonyl (C=O) groups excluding carboxylic acids is 1. The van der Waals surface area contributed by atoms with Crippen LogP contribution in [0.1, 0.15) is 23.2 Å². The Morgan fingerprint density at radius 2 is 1.82 bits per heavy atom. The molecule has 1 fully saturated rings. The fraction of sp³-hybridized carbons (Fsp3) is 0.333. The molecule has 7 heteroatoms. The van der Waals surface area contributed by atoms with Crippen LogP contribution < -0.4 is 10.2 Å². The number of nitrogens with one attached hydrogen (secondary N) is 1. The van der Waals surface area contributed by atoms with Gasteiger partial charge in [-0.3, -0.25) is 9.78 Å². The third-order valence-corrected chi connectivity index (χ3v) is 3.66. The molecule has 0 bridgehead atoms. The molecule has 1 saturated heterocycles. The quantitative estimate of drug-likeness (QED) is 0.928. The second-order valence-corrected chi connectivity index (χ2v) is 5.17. The third kappa shape index (κ3) is 3.36. The van der Waals surface area contributed by atoms with E-state index in [2.05, 4.69) is 20.3 Å². The van der Waals surface area contributed by atoms with Gasteiger partial charge in [0.25, 0.3) is 5.91 Å². The molecule has 0 unspecified atom stereocenters. The Hall–Kier alpha value is -2.57. The van der Waals surface area contributed by atoms with E-state index in [0.29, 0.717) is 11.5 Å². The van der Waals surface area contributed by atoms with Crippen molar-refractivity contribution in [1.82, 2.24) is 20.3 Å². The van der Waals surface area contributed by atoms with Crippen LogP contribution in [0.4, 0.5) is 10.3 Å². The van der Waals surface area contributed by atoms with Crippen molar-refractivity contribution in [1.29, 1.82) is 0 Å². The minimum absolute atomic E-state index is 0.0844. The van der Waals surface area contributed by atoms with Crippen molar-refractivity contribution in [3.05, 3.63) is 48.3 Å². The summed E-state index contributed by atoms with van der Waals surface area (Å²) < 4.78 is 12.8. The fourth-order valence-corrected chi connectivity index (χ4v) is 2.46. The van der Waals surface area contributed by atoms with Gasteiger partial charge in [-0.1, -0.05) is 0 Å². The predicted molar refractivity (Wildman–Crippen MR) is 78.9 cm³/mol. The monoisotopic (exact) mass is 301 g/mol. The number of anilines is 1. The summed E-state index contributed by atoms with van der Waals surface area (Å²) in [5.41, 5.74) is 0.610. The van der Waals surface area contributed by atoms with Gasteiger partial charge in [0, 0.05) is 37.1 Å². The third-order valence-electron chi connectivity index (χ3n) is 3.66. The summed E-state index contributed by atoms with van der Waals surface area (Å²) >= 11 is 0. The molecule has 0 saturated carbocycles. The zero-order valence-electron chi connectivity index (χ0n) is 11.9. The molecule has 3 heterocycles. The van der Waals surface area contributed by atoms with Crippen molar-refractivity contribution in [2.45, 2.75) is 18.9 Å². The van der Waals surface area contributed by atoms with Gasteiger partial charge in [0.15, 0.2) is 5.82 Å². The molecule has 1 aliphatic heterocycles. The van der Waals surface area contributed by atoms with Gasteiger partial charge in [-0.25, -0.2) is 14.4 Å². The Morgan fingerprint density at radius 1 is 1.18 bits per heavy atom.